The lowest BCUT2D eigenvalue weighted by Crippen LogP contribution is -2.18. The van der Waals surface area contributed by atoms with Crippen molar-refractivity contribution in [2.24, 2.45) is 0 Å². The molecule has 106 valence electrons. The maximum absolute atomic E-state index is 5.96. The lowest BCUT2D eigenvalue weighted by molar-refractivity contribution is 0.441. The highest BCUT2D eigenvalue weighted by molar-refractivity contribution is 6.30. The summed E-state index contributed by atoms with van der Waals surface area (Å²) in [5.74, 6) is 1.41. The van der Waals surface area contributed by atoms with Gasteiger partial charge in [0.25, 0.3) is 0 Å². The number of hydrogen-bond donors (Lipinski definition) is 1. The van der Waals surface area contributed by atoms with Crippen molar-refractivity contribution in [3.05, 3.63) is 52.7 Å². The van der Waals surface area contributed by atoms with Gasteiger partial charge in [0.05, 0.1) is 0 Å². The summed E-state index contributed by atoms with van der Waals surface area (Å²) < 4.78 is 5.95. The Morgan fingerprint density at radius 3 is 2.85 bits per heavy atom. The largest absolute Gasteiger partial charge is 0.438 e. The first kappa shape index (κ1) is 14.8. The molecule has 2 rings (SSSR count). The monoisotopic (exact) mass is 290 g/mol. The van der Waals surface area contributed by atoms with Gasteiger partial charge in [-0.25, -0.2) is 4.98 Å². The Morgan fingerprint density at radius 2 is 2.15 bits per heavy atom. The Labute approximate surface area is 124 Å². The summed E-state index contributed by atoms with van der Waals surface area (Å²) in [4.78, 5) is 4.35. The predicted molar refractivity (Wildman–Crippen MR) is 82.6 cm³/mol. The van der Waals surface area contributed by atoms with Crippen molar-refractivity contribution in [3.63, 3.8) is 0 Å². The van der Waals surface area contributed by atoms with E-state index in [2.05, 4.69) is 24.1 Å². The van der Waals surface area contributed by atoms with Gasteiger partial charge in [0.1, 0.15) is 5.75 Å². The summed E-state index contributed by atoms with van der Waals surface area (Å²) in [7, 11) is 0. The molecule has 0 saturated carbocycles. The average Bonchev–Trinajstić information content (AvgIpc) is 2.43. The summed E-state index contributed by atoms with van der Waals surface area (Å²) >= 11 is 5.96. The Bertz CT molecular complexity index is 586. The fourth-order valence-electron chi connectivity index (χ4n) is 2.07. The van der Waals surface area contributed by atoms with Gasteiger partial charge in [0.2, 0.25) is 5.88 Å². The molecular weight excluding hydrogens is 272 g/mol. The molecule has 3 nitrogen and oxygen atoms in total. The number of ether oxygens (including phenoxy) is 1. The lowest BCUT2D eigenvalue weighted by atomic mass is 10.1. The van der Waals surface area contributed by atoms with Gasteiger partial charge in [-0.3, -0.25) is 0 Å². The number of pyridine rings is 1. The highest BCUT2D eigenvalue weighted by Crippen LogP contribution is 2.30. The van der Waals surface area contributed by atoms with Crippen molar-refractivity contribution >= 4 is 11.6 Å². The standard InChI is InChI=1S/C16H19ClN2O/c1-4-18-12(3)14-6-5-9-19-16(14)20-15-8-7-13(17)10-11(15)2/h5-10,12,18H,4H2,1-3H3. The normalized spacial score (nSPS) is 12.2. The van der Waals surface area contributed by atoms with Crippen LogP contribution in [0.2, 0.25) is 5.02 Å². The van der Waals surface area contributed by atoms with Crippen LogP contribution in [0, 0.1) is 6.92 Å². The molecule has 0 aliphatic rings. The van der Waals surface area contributed by atoms with Crippen molar-refractivity contribution in [1.82, 2.24) is 10.3 Å². The van der Waals surface area contributed by atoms with Crippen LogP contribution in [0.25, 0.3) is 0 Å². The van der Waals surface area contributed by atoms with Crippen LogP contribution >= 0.6 is 11.6 Å². The van der Waals surface area contributed by atoms with Gasteiger partial charge in [-0.05, 0) is 50.2 Å². The van der Waals surface area contributed by atoms with Crippen LogP contribution in [0.15, 0.2) is 36.5 Å². The van der Waals surface area contributed by atoms with Gasteiger partial charge in [-0.2, -0.15) is 0 Å². The Hall–Kier alpha value is -1.58. The van der Waals surface area contributed by atoms with E-state index in [1.807, 2.05) is 37.3 Å². The first-order valence-corrected chi connectivity index (χ1v) is 7.12. The minimum absolute atomic E-state index is 0.191. The Kier molecular flexibility index (Phi) is 4.99. The molecule has 1 aromatic heterocycles. The molecule has 0 fully saturated rings. The summed E-state index contributed by atoms with van der Waals surface area (Å²) in [6.45, 7) is 7.05. The van der Waals surface area contributed by atoms with Crippen LogP contribution in [-0.4, -0.2) is 11.5 Å². The van der Waals surface area contributed by atoms with Crippen molar-refractivity contribution in [3.8, 4) is 11.6 Å². The van der Waals surface area contributed by atoms with E-state index in [1.54, 1.807) is 6.20 Å². The summed E-state index contributed by atoms with van der Waals surface area (Å²) in [6, 6.07) is 9.71. The molecule has 1 unspecified atom stereocenters. The molecule has 2 aromatic rings. The number of aromatic nitrogens is 1. The molecule has 0 amide bonds. The summed E-state index contributed by atoms with van der Waals surface area (Å²) in [5.41, 5.74) is 2.04. The highest BCUT2D eigenvalue weighted by atomic mass is 35.5. The molecular formula is C16H19ClN2O. The summed E-state index contributed by atoms with van der Waals surface area (Å²) in [6.07, 6.45) is 1.74. The number of nitrogens with one attached hydrogen (secondary N) is 1. The second-order valence-electron chi connectivity index (χ2n) is 4.69. The van der Waals surface area contributed by atoms with E-state index >= 15 is 0 Å². The SMILES string of the molecule is CCNC(C)c1cccnc1Oc1ccc(Cl)cc1C. The van der Waals surface area contributed by atoms with E-state index in [0.29, 0.717) is 10.9 Å². The van der Waals surface area contributed by atoms with Gasteiger partial charge in [-0.1, -0.05) is 24.6 Å². The third kappa shape index (κ3) is 3.50. The fourth-order valence-corrected chi connectivity index (χ4v) is 2.29. The van der Waals surface area contributed by atoms with E-state index in [4.69, 9.17) is 16.3 Å². The fraction of sp³-hybridized carbons (Fsp3) is 0.312. The summed E-state index contributed by atoms with van der Waals surface area (Å²) in [5, 5.41) is 4.08. The van der Waals surface area contributed by atoms with Crippen LogP contribution in [0.3, 0.4) is 0 Å². The van der Waals surface area contributed by atoms with Gasteiger partial charge in [-0.15, -0.1) is 0 Å². The smallest absolute Gasteiger partial charge is 0.223 e. The second-order valence-corrected chi connectivity index (χ2v) is 5.13. The van der Waals surface area contributed by atoms with Crippen LogP contribution < -0.4 is 10.1 Å². The van der Waals surface area contributed by atoms with E-state index < -0.39 is 0 Å². The zero-order chi connectivity index (χ0) is 14.5. The number of benzene rings is 1. The number of rotatable bonds is 5. The number of nitrogens with zero attached hydrogens (tertiary/aromatic N) is 1. The minimum Gasteiger partial charge on any atom is -0.438 e. The number of halogens is 1. The molecule has 0 bridgehead atoms. The van der Waals surface area contributed by atoms with Crippen LogP contribution in [0.1, 0.15) is 31.0 Å². The molecule has 1 N–H and O–H groups in total. The van der Waals surface area contributed by atoms with E-state index in [9.17, 15) is 0 Å². The van der Waals surface area contributed by atoms with Crippen molar-refractivity contribution in [2.45, 2.75) is 26.8 Å². The highest BCUT2D eigenvalue weighted by Gasteiger charge is 2.13. The molecule has 0 radical (unpaired) electrons. The Balaban J connectivity index is 2.29. The number of hydrogen-bond acceptors (Lipinski definition) is 3. The minimum atomic E-state index is 0.191. The third-order valence-electron chi connectivity index (χ3n) is 3.12. The van der Waals surface area contributed by atoms with E-state index in [1.165, 1.54) is 0 Å². The van der Waals surface area contributed by atoms with Gasteiger partial charge < -0.3 is 10.1 Å². The topological polar surface area (TPSA) is 34.2 Å². The second kappa shape index (κ2) is 6.73. The Morgan fingerprint density at radius 1 is 1.35 bits per heavy atom. The molecule has 0 aliphatic carbocycles. The van der Waals surface area contributed by atoms with E-state index in [0.717, 1.165) is 23.4 Å². The molecule has 1 heterocycles. The molecule has 20 heavy (non-hydrogen) atoms. The molecule has 0 saturated heterocycles. The van der Waals surface area contributed by atoms with Crippen molar-refractivity contribution in [2.75, 3.05) is 6.54 Å². The van der Waals surface area contributed by atoms with Crippen LogP contribution in [0.5, 0.6) is 11.6 Å². The lowest BCUT2D eigenvalue weighted by Gasteiger charge is -2.17. The molecule has 1 aromatic carbocycles. The van der Waals surface area contributed by atoms with E-state index in [-0.39, 0.29) is 6.04 Å². The van der Waals surface area contributed by atoms with Gasteiger partial charge in [0, 0.05) is 22.8 Å². The molecule has 1 atom stereocenters. The first-order valence-electron chi connectivity index (χ1n) is 6.74. The quantitative estimate of drug-likeness (QED) is 0.880. The zero-order valence-electron chi connectivity index (χ0n) is 12.0. The maximum atomic E-state index is 5.96. The zero-order valence-corrected chi connectivity index (χ0v) is 12.7. The van der Waals surface area contributed by atoms with Crippen molar-refractivity contribution in [1.29, 1.82) is 0 Å². The third-order valence-corrected chi connectivity index (χ3v) is 3.36. The van der Waals surface area contributed by atoms with Crippen LogP contribution in [0.4, 0.5) is 0 Å². The predicted octanol–water partition coefficient (Wildman–Crippen LogP) is 4.51. The molecule has 0 spiro atoms. The average molecular weight is 291 g/mol. The van der Waals surface area contributed by atoms with Gasteiger partial charge in [0.15, 0.2) is 0 Å². The van der Waals surface area contributed by atoms with Gasteiger partial charge >= 0.3 is 0 Å². The van der Waals surface area contributed by atoms with Crippen molar-refractivity contribution < 1.29 is 4.74 Å². The number of aryl methyl sites for hydroxylation is 1. The molecule has 0 aliphatic heterocycles. The maximum Gasteiger partial charge on any atom is 0.223 e. The molecule has 4 heteroatoms. The van der Waals surface area contributed by atoms with Crippen LogP contribution in [-0.2, 0) is 0 Å². The first-order chi connectivity index (χ1) is 9.61.